The first-order chi connectivity index (χ1) is 10.6. The third kappa shape index (κ3) is 3.14. The maximum atomic E-state index is 13.2. The Morgan fingerprint density at radius 2 is 2.09 bits per heavy atom. The van der Waals surface area contributed by atoms with E-state index in [9.17, 15) is 9.18 Å². The molecule has 0 aliphatic heterocycles. The number of carbonyl (C=O) groups is 1. The van der Waals surface area contributed by atoms with Crippen molar-refractivity contribution >= 4 is 27.5 Å². The first-order valence-corrected chi connectivity index (χ1v) is 7.84. The van der Waals surface area contributed by atoms with Crippen LogP contribution in [0.15, 0.2) is 42.5 Å². The van der Waals surface area contributed by atoms with Crippen LogP contribution in [-0.2, 0) is 6.42 Å². The summed E-state index contributed by atoms with van der Waals surface area (Å²) in [7, 11) is 0. The summed E-state index contributed by atoms with van der Waals surface area (Å²) in [4.78, 5) is 16.6. The Labute approximate surface area is 131 Å². The molecule has 3 rings (SSSR count). The minimum atomic E-state index is -0.401. The lowest BCUT2D eigenvalue weighted by molar-refractivity contribution is 0.0953. The van der Waals surface area contributed by atoms with Crippen LogP contribution in [0.25, 0.3) is 10.2 Å². The predicted molar refractivity (Wildman–Crippen MR) is 86.8 cm³/mol. The van der Waals surface area contributed by atoms with Gasteiger partial charge in [0.2, 0.25) is 0 Å². The van der Waals surface area contributed by atoms with Crippen LogP contribution in [-0.4, -0.2) is 17.4 Å². The van der Waals surface area contributed by atoms with Gasteiger partial charge in [-0.1, -0.05) is 18.2 Å². The van der Waals surface area contributed by atoms with Gasteiger partial charge in [0.25, 0.3) is 5.91 Å². The summed E-state index contributed by atoms with van der Waals surface area (Å²) in [6.45, 7) is 2.27. The summed E-state index contributed by atoms with van der Waals surface area (Å²) in [6.07, 6.45) is 0.666. The van der Waals surface area contributed by atoms with Gasteiger partial charge in [-0.05, 0) is 36.8 Å². The van der Waals surface area contributed by atoms with E-state index in [1.165, 1.54) is 12.1 Å². The number of rotatable bonds is 4. The van der Waals surface area contributed by atoms with Gasteiger partial charge in [0.15, 0.2) is 0 Å². The van der Waals surface area contributed by atoms with Gasteiger partial charge < -0.3 is 5.32 Å². The number of aryl methyl sites for hydroxylation is 1. The van der Waals surface area contributed by atoms with E-state index in [4.69, 9.17) is 0 Å². The van der Waals surface area contributed by atoms with Crippen molar-refractivity contribution in [1.82, 2.24) is 10.3 Å². The fourth-order valence-electron chi connectivity index (χ4n) is 2.24. The van der Waals surface area contributed by atoms with E-state index in [0.29, 0.717) is 18.5 Å². The second kappa shape index (κ2) is 6.23. The van der Waals surface area contributed by atoms with Crippen molar-refractivity contribution in [2.75, 3.05) is 6.54 Å². The molecular formula is C17H15FN2OS. The molecule has 0 unspecified atom stereocenters. The number of carbonyl (C=O) groups excluding carboxylic acids is 1. The molecule has 3 nitrogen and oxygen atoms in total. The first-order valence-electron chi connectivity index (χ1n) is 7.02. The number of benzene rings is 2. The highest BCUT2D eigenvalue weighted by Crippen LogP contribution is 2.21. The number of nitrogens with zero attached hydrogens (tertiary/aromatic N) is 1. The lowest BCUT2D eigenvalue weighted by atomic mass is 10.1. The van der Waals surface area contributed by atoms with Crippen molar-refractivity contribution in [3.8, 4) is 0 Å². The number of aromatic nitrogens is 1. The Morgan fingerprint density at radius 3 is 2.91 bits per heavy atom. The van der Waals surface area contributed by atoms with E-state index in [1.54, 1.807) is 24.3 Å². The van der Waals surface area contributed by atoms with Gasteiger partial charge in [-0.25, -0.2) is 9.37 Å². The number of hydrogen-bond acceptors (Lipinski definition) is 3. The predicted octanol–water partition coefficient (Wildman–Crippen LogP) is 3.72. The molecule has 0 aliphatic carbocycles. The van der Waals surface area contributed by atoms with Crippen LogP contribution < -0.4 is 5.32 Å². The van der Waals surface area contributed by atoms with E-state index >= 15 is 0 Å². The Bertz CT molecular complexity index is 795. The van der Waals surface area contributed by atoms with Crippen LogP contribution in [0.1, 0.15) is 20.9 Å². The Balaban J connectivity index is 1.62. The van der Waals surface area contributed by atoms with E-state index in [2.05, 4.69) is 10.3 Å². The fraction of sp³-hybridized carbons (Fsp3) is 0.176. The number of halogens is 1. The molecule has 0 atom stereocenters. The van der Waals surface area contributed by atoms with Gasteiger partial charge in [-0.15, -0.1) is 11.3 Å². The SMILES string of the molecule is Cc1ccc(F)cc1C(=O)NCCc1nc2ccccc2s1. The molecule has 5 heteroatoms. The molecule has 1 amide bonds. The normalized spacial score (nSPS) is 10.8. The highest BCUT2D eigenvalue weighted by molar-refractivity contribution is 7.18. The molecule has 2 aromatic carbocycles. The molecule has 0 bridgehead atoms. The lowest BCUT2D eigenvalue weighted by Gasteiger charge is -2.07. The van der Waals surface area contributed by atoms with Crippen molar-refractivity contribution in [2.24, 2.45) is 0 Å². The van der Waals surface area contributed by atoms with Crippen molar-refractivity contribution in [1.29, 1.82) is 0 Å². The zero-order valence-electron chi connectivity index (χ0n) is 12.1. The summed E-state index contributed by atoms with van der Waals surface area (Å²) in [5.74, 6) is -0.653. The largest absolute Gasteiger partial charge is 0.352 e. The van der Waals surface area contributed by atoms with E-state index in [1.807, 2.05) is 24.3 Å². The maximum Gasteiger partial charge on any atom is 0.251 e. The number of para-hydroxylation sites is 1. The molecule has 3 aromatic rings. The van der Waals surface area contributed by atoms with Crippen molar-refractivity contribution < 1.29 is 9.18 Å². The number of nitrogens with one attached hydrogen (secondary N) is 1. The van der Waals surface area contributed by atoms with Gasteiger partial charge in [0, 0.05) is 18.5 Å². The molecule has 1 aromatic heterocycles. The van der Waals surface area contributed by atoms with Crippen LogP contribution in [0.2, 0.25) is 0 Å². The molecule has 1 heterocycles. The van der Waals surface area contributed by atoms with E-state index < -0.39 is 5.82 Å². The average Bonchev–Trinajstić information content (AvgIpc) is 2.92. The van der Waals surface area contributed by atoms with Crippen LogP contribution >= 0.6 is 11.3 Å². The Kier molecular flexibility index (Phi) is 4.15. The molecule has 0 spiro atoms. The monoisotopic (exact) mass is 314 g/mol. The van der Waals surface area contributed by atoms with Gasteiger partial charge in [0.1, 0.15) is 5.82 Å². The van der Waals surface area contributed by atoms with Crippen molar-refractivity contribution in [3.63, 3.8) is 0 Å². The zero-order valence-corrected chi connectivity index (χ0v) is 12.9. The quantitative estimate of drug-likeness (QED) is 0.797. The topological polar surface area (TPSA) is 42.0 Å². The summed E-state index contributed by atoms with van der Waals surface area (Å²) in [5, 5.41) is 3.80. The molecule has 0 radical (unpaired) electrons. The van der Waals surface area contributed by atoms with Gasteiger partial charge in [0.05, 0.1) is 15.2 Å². The molecule has 0 fully saturated rings. The van der Waals surface area contributed by atoms with Gasteiger partial charge >= 0.3 is 0 Å². The maximum absolute atomic E-state index is 13.2. The molecule has 0 saturated heterocycles. The molecular weight excluding hydrogens is 299 g/mol. The standard InChI is InChI=1S/C17H15FN2OS/c1-11-6-7-12(18)10-13(11)17(21)19-9-8-16-20-14-4-2-3-5-15(14)22-16/h2-7,10H,8-9H2,1H3,(H,19,21). The summed E-state index contributed by atoms with van der Waals surface area (Å²) >= 11 is 1.63. The Morgan fingerprint density at radius 1 is 1.27 bits per heavy atom. The van der Waals surface area contributed by atoms with Crippen LogP contribution in [0.5, 0.6) is 0 Å². The number of hydrogen-bond donors (Lipinski definition) is 1. The molecule has 112 valence electrons. The summed E-state index contributed by atoms with van der Waals surface area (Å²) in [6, 6.07) is 12.2. The lowest BCUT2D eigenvalue weighted by Crippen LogP contribution is -2.26. The molecule has 22 heavy (non-hydrogen) atoms. The number of fused-ring (bicyclic) bond motifs is 1. The Hall–Kier alpha value is -2.27. The van der Waals surface area contributed by atoms with Crippen LogP contribution in [0.4, 0.5) is 4.39 Å². The fourth-order valence-corrected chi connectivity index (χ4v) is 3.21. The second-order valence-corrected chi connectivity index (χ2v) is 6.16. The highest BCUT2D eigenvalue weighted by atomic mass is 32.1. The highest BCUT2D eigenvalue weighted by Gasteiger charge is 2.10. The van der Waals surface area contributed by atoms with Crippen molar-refractivity contribution in [2.45, 2.75) is 13.3 Å². The van der Waals surface area contributed by atoms with E-state index in [0.717, 1.165) is 20.8 Å². The number of thiazole rings is 1. The van der Waals surface area contributed by atoms with Crippen LogP contribution in [0.3, 0.4) is 0 Å². The third-order valence-electron chi connectivity index (χ3n) is 3.41. The zero-order chi connectivity index (χ0) is 15.5. The summed E-state index contributed by atoms with van der Waals surface area (Å²) in [5.41, 5.74) is 2.12. The minimum absolute atomic E-state index is 0.252. The average molecular weight is 314 g/mol. The summed E-state index contributed by atoms with van der Waals surface area (Å²) < 4.78 is 14.4. The van der Waals surface area contributed by atoms with Gasteiger partial charge in [-0.2, -0.15) is 0 Å². The number of amides is 1. The molecule has 0 saturated carbocycles. The smallest absolute Gasteiger partial charge is 0.251 e. The minimum Gasteiger partial charge on any atom is -0.352 e. The van der Waals surface area contributed by atoms with Gasteiger partial charge in [-0.3, -0.25) is 4.79 Å². The third-order valence-corrected chi connectivity index (χ3v) is 4.50. The second-order valence-electron chi connectivity index (χ2n) is 5.04. The molecule has 0 aliphatic rings. The van der Waals surface area contributed by atoms with Crippen molar-refractivity contribution in [3.05, 3.63) is 64.4 Å². The van der Waals surface area contributed by atoms with Crippen LogP contribution in [0, 0.1) is 12.7 Å². The first kappa shape index (κ1) is 14.7. The van der Waals surface area contributed by atoms with E-state index in [-0.39, 0.29) is 5.91 Å². The molecule has 1 N–H and O–H groups in total.